The maximum atomic E-state index is 11.9. The van der Waals surface area contributed by atoms with Gasteiger partial charge in [-0.3, -0.25) is 4.68 Å². The van der Waals surface area contributed by atoms with E-state index < -0.39 is 13.7 Å². The normalized spacial score (nSPS) is 15.8. The molecule has 0 aliphatic carbocycles. The monoisotopic (exact) mass is 319 g/mol. The fourth-order valence-corrected chi connectivity index (χ4v) is 2.48. The molecular formula is C16H25N3O2Si. The largest absolute Gasteiger partial charge is 0.444 e. The molecule has 5 nitrogen and oxygen atoms in total. The quantitative estimate of drug-likeness (QED) is 0.591. The van der Waals surface area contributed by atoms with Crippen LogP contribution in [0.4, 0.5) is 4.79 Å². The van der Waals surface area contributed by atoms with Crippen LogP contribution in [-0.4, -0.2) is 47.5 Å². The zero-order valence-corrected chi connectivity index (χ0v) is 15.3. The summed E-state index contributed by atoms with van der Waals surface area (Å²) in [6, 6.07) is 0.218. The number of ether oxygens (including phenoxy) is 1. The topological polar surface area (TPSA) is 47.4 Å². The van der Waals surface area contributed by atoms with E-state index in [4.69, 9.17) is 4.74 Å². The molecule has 1 aromatic rings. The lowest BCUT2D eigenvalue weighted by Gasteiger charge is -2.39. The predicted molar refractivity (Wildman–Crippen MR) is 89.3 cm³/mol. The van der Waals surface area contributed by atoms with Crippen molar-refractivity contribution in [1.29, 1.82) is 0 Å². The minimum absolute atomic E-state index is 0.218. The minimum Gasteiger partial charge on any atom is -0.444 e. The lowest BCUT2D eigenvalue weighted by molar-refractivity contribution is -0.000388. The van der Waals surface area contributed by atoms with Gasteiger partial charge in [0.05, 0.1) is 17.8 Å². The summed E-state index contributed by atoms with van der Waals surface area (Å²) in [5.74, 6) is 3.20. The number of carbonyl (C=O) groups is 1. The van der Waals surface area contributed by atoms with Crippen LogP contribution in [0.3, 0.4) is 0 Å². The summed E-state index contributed by atoms with van der Waals surface area (Å²) in [4.78, 5) is 13.6. The van der Waals surface area contributed by atoms with Gasteiger partial charge in [0.25, 0.3) is 0 Å². The van der Waals surface area contributed by atoms with E-state index >= 15 is 0 Å². The Morgan fingerprint density at radius 2 is 2.00 bits per heavy atom. The second kappa shape index (κ2) is 5.80. The number of amides is 1. The molecule has 0 radical (unpaired) electrons. The van der Waals surface area contributed by atoms with Crippen molar-refractivity contribution in [3.05, 3.63) is 18.0 Å². The van der Waals surface area contributed by atoms with Crippen molar-refractivity contribution in [2.45, 2.75) is 52.1 Å². The molecule has 0 bridgehead atoms. The molecule has 2 heterocycles. The zero-order chi connectivity index (χ0) is 16.5. The van der Waals surface area contributed by atoms with E-state index in [9.17, 15) is 4.79 Å². The number of nitrogens with zero attached hydrogens (tertiary/aromatic N) is 3. The molecule has 1 saturated heterocycles. The zero-order valence-electron chi connectivity index (χ0n) is 14.3. The molecular weight excluding hydrogens is 294 g/mol. The first-order valence-corrected chi connectivity index (χ1v) is 11.1. The van der Waals surface area contributed by atoms with Crippen LogP contribution in [0.1, 0.15) is 32.4 Å². The number of likely N-dealkylation sites (tertiary alicyclic amines) is 1. The SMILES string of the molecule is CC(C)(C)OC(=O)N1CC(n2cc(C#C[Si](C)(C)C)cn2)C1. The van der Waals surface area contributed by atoms with Gasteiger partial charge in [0.1, 0.15) is 13.7 Å². The van der Waals surface area contributed by atoms with Crippen molar-refractivity contribution in [3.8, 4) is 11.5 Å². The molecule has 0 N–H and O–H groups in total. The number of aromatic nitrogens is 2. The maximum absolute atomic E-state index is 11.9. The highest BCUT2D eigenvalue weighted by Gasteiger charge is 2.35. The first-order chi connectivity index (χ1) is 10.0. The summed E-state index contributed by atoms with van der Waals surface area (Å²) in [5, 5.41) is 4.36. The fourth-order valence-electron chi connectivity index (χ4n) is 1.96. The van der Waals surface area contributed by atoms with Crippen LogP contribution >= 0.6 is 0 Å². The third kappa shape index (κ3) is 4.63. The van der Waals surface area contributed by atoms with Gasteiger partial charge in [-0.1, -0.05) is 25.6 Å². The van der Waals surface area contributed by atoms with E-state index in [1.54, 1.807) is 11.1 Å². The van der Waals surface area contributed by atoms with Gasteiger partial charge in [0.2, 0.25) is 0 Å². The number of hydrogen-bond donors (Lipinski definition) is 0. The molecule has 1 fully saturated rings. The van der Waals surface area contributed by atoms with Crippen LogP contribution in [0.5, 0.6) is 0 Å². The lowest BCUT2D eigenvalue weighted by Crippen LogP contribution is -2.52. The summed E-state index contributed by atoms with van der Waals surface area (Å²) < 4.78 is 7.24. The Balaban J connectivity index is 1.90. The standard InChI is InChI=1S/C16H25N3O2Si/c1-16(2,3)21-15(20)18-11-14(12-18)19-10-13(9-17-19)7-8-22(4,5)6/h9-10,14H,11-12H2,1-6H3. The van der Waals surface area contributed by atoms with Gasteiger partial charge in [0.15, 0.2) is 0 Å². The van der Waals surface area contributed by atoms with Crippen molar-refractivity contribution < 1.29 is 9.53 Å². The van der Waals surface area contributed by atoms with Crippen molar-refractivity contribution in [2.24, 2.45) is 0 Å². The summed E-state index contributed by atoms with van der Waals surface area (Å²) in [5.41, 5.74) is 3.82. The number of rotatable bonds is 1. The maximum Gasteiger partial charge on any atom is 0.410 e. The summed E-state index contributed by atoms with van der Waals surface area (Å²) in [6.07, 6.45) is 3.50. The Hall–Kier alpha value is -1.74. The van der Waals surface area contributed by atoms with Crippen molar-refractivity contribution in [2.75, 3.05) is 13.1 Å². The van der Waals surface area contributed by atoms with Gasteiger partial charge in [-0.25, -0.2) is 4.79 Å². The molecule has 0 aromatic carbocycles. The average Bonchev–Trinajstić information content (AvgIpc) is 2.69. The smallest absolute Gasteiger partial charge is 0.410 e. The fraction of sp³-hybridized carbons (Fsp3) is 0.625. The Morgan fingerprint density at radius 3 is 2.55 bits per heavy atom. The molecule has 120 valence electrons. The third-order valence-electron chi connectivity index (χ3n) is 3.07. The first-order valence-electron chi connectivity index (χ1n) is 7.59. The van der Waals surface area contributed by atoms with E-state index in [0.717, 1.165) is 5.56 Å². The summed E-state index contributed by atoms with van der Waals surface area (Å²) in [6.45, 7) is 13.5. The van der Waals surface area contributed by atoms with Crippen LogP contribution in [0, 0.1) is 11.5 Å². The molecule has 1 amide bonds. The van der Waals surface area contributed by atoms with E-state index in [-0.39, 0.29) is 12.1 Å². The second-order valence-electron chi connectivity index (χ2n) is 7.75. The van der Waals surface area contributed by atoms with Gasteiger partial charge >= 0.3 is 6.09 Å². The van der Waals surface area contributed by atoms with E-state index in [1.807, 2.05) is 31.6 Å². The van der Waals surface area contributed by atoms with Crippen molar-refractivity contribution in [3.63, 3.8) is 0 Å². The minimum atomic E-state index is -1.37. The summed E-state index contributed by atoms with van der Waals surface area (Å²) >= 11 is 0. The van der Waals surface area contributed by atoms with Crippen LogP contribution < -0.4 is 0 Å². The lowest BCUT2D eigenvalue weighted by atomic mass is 10.1. The molecule has 6 heteroatoms. The molecule has 1 aliphatic rings. The number of carbonyl (C=O) groups excluding carboxylic acids is 1. The van der Waals surface area contributed by atoms with E-state index in [1.165, 1.54) is 0 Å². The van der Waals surface area contributed by atoms with Gasteiger partial charge in [-0.05, 0) is 20.8 Å². The van der Waals surface area contributed by atoms with Gasteiger partial charge in [0, 0.05) is 19.3 Å². The Morgan fingerprint density at radius 1 is 1.36 bits per heavy atom. The van der Waals surface area contributed by atoms with Crippen molar-refractivity contribution >= 4 is 14.2 Å². The molecule has 0 unspecified atom stereocenters. The first kappa shape index (κ1) is 16.6. The van der Waals surface area contributed by atoms with Crippen LogP contribution in [0.15, 0.2) is 12.4 Å². The molecule has 22 heavy (non-hydrogen) atoms. The highest BCUT2D eigenvalue weighted by molar-refractivity contribution is 6.83. The molecule has 1 aliphatic heterocycles. The van der Waals surface area contributed by atoms with Crippen LogP contribution in [-0.2, 0) is 4.74 Å². The van der Waals surface area contributed by atoms with Crippen LogP contribution in [0.2, 0.25) is 19.6 Å². The average molecular weight is 319 g/mol. The predicted octanol–water partition coefficient (Wildman–Crippen LogP) is 2.90. The number of hydrogen-bond acceptors (Lipinski definition) is 3. The van der Waals surface area contributed by atoms with E-state index in [2.05, 4.69) is 36.2 Å². The Kier molecular flexibility index (Phi) is 4.39. The van der Waals surface area contributed by atoms with Crippen LogP contribution in [0.25, 0.3) is 0 Å². The third-order valence-corrected chi connectivity index (χ3v) is 3.95. The molecule has 2 rings (SSSR count). The molecule has 0 spiro atoms. The highest BCUT2D eigenvalue weighted by Crippen LogP contribution is 2.23. The summed E-state index contributed by atoms with van der Waals surface area (Å²) in [7, 11) is -1.37. The van der Waals surface area contributed by atoms with Gasteiger partial charge in [-0.2, -0.15) is 5.10 Å². The van der Waals surface area contributed by atoms with Gasteiger partial charge < -0.3 is 9.64 Å². The molecule has 0 saturated carbocycles. The van der Waals surface area contributed by atoms with E-state index in [0.29, 0.717) is 13.1 Å². The second-order valence-corrected chi connectivity index (χ2v) is 12.5. The highest BCUT2D eigenvalue weighted by atomic mass is 28.3. The molecule has 1 aromatic heterocycles. The van der Waals surface area contributed by atoms with Crippen molar-refractivity contribution in [1.82, 2.24) is 14.7 Å². The molecule has 0 atom stereocenters. The van der Waals surface area contributed by atoms with Gasteiger partial charge in [-0.15, -0.1) is 5.54 Å². The Labute approximate surface area is 133 Å². The Bertz CT molecular complexity index is 608.